The topological polar surface area (TPSA) is 30.9 Å². The van der Waals surface area contributed by atoms with Crippen LogP contribution in [0.3, 0.4) is 0 Å². The Kier molecular flexibility index (Phi) is 5.60. The second-order valence-corrected chi connectivity index (χ2v) is 13.6. The standard InChI is InChI=1S/C30H47NO3/c1-4-13-24-20(8-1)28-27(32-24)17-16-19-18-9-7-12-23(29(18)34-30(19)28)31-21-10-2-5-14-25(21)33-26-15-6-3-11-22(26)31/h18-30H,1-17H2. The van der Waals surface area contributed by atoms with Crippen molar-refractivity contribution in [1.82, 2.24) is 4.90 Å². The van der Waals surface area contributed by atoms with Gasteiger partial charge >= 0.3 is 0 Å². The SMILES string of the molecule is C1CCC2C(C1)OC1CCC3C4CCCC(N5C6CCCCC6OC6CCCCC65)C4OC3C12. The summed E-state index contributed by atoms with van der Waals surface area (Å²) in [5, 5.41) is 0. The van der Waals surface area contributed by atoms with Crippen LogP contribution >= 0.6 is 0 Å². The van der Waals surface area contributed by atoms with Gasteiger partial charge in [0.25, 0.3) is 0 Å². The van der Waals surface area contributed by atoms with Crippen molar-refractivity contribution in [3.8, 4) is 0 Å². The lowest BCUT2D eigenvalue weighted by atomic mass is 9.64. The number of fused-ring (bicyclic) bond motifs is 9. The molecule has 8 fully saturated rings. The largest absolute Gasteiger partial charge is 0.374 e. The van der Waals surface area contributed by atoms with Crippen molar-refractivity contribution >= 4 is 0 Å². The molecule has 0 aromatic rings. The molecule has 0 amide bonds. The van der Waals surface area contributed by atoms with Crippen LogP contribution in [0, 0.1) is 23.7 Å². The van der Waals surface area contributed by atoms with Crippen LogP contribution < -0.4 is 0 Å². The molecule has 0 spiro atoms. The zero-order valence-corrected chi connectivity index (χ0v) is 21.2. The molecular weight excluding hydrogens is 422 g/mol. The Bertz CT molecular complexity index is 737. The highest BCUT2D eigenvalue weighted by atomic mass is 16.5. The van der Waals surface area contributed by atoms with Gasteiger partial charge in [0.1, 0.15) is 0 Å². The van der Waals surface area contributed by atoms with Crippen LogP contribution in [0.5, 0.6) is 0 Å². The van der Waals surface area contributed by atoms with Crippen molar-refractivity contribution in [2.75, 3.05) is 0 Å². The maximum absolute atomic E-state index is 7.40. The van der Waals surface area contributed by atoms with Crippen LogP contribution in [-0.2, 0) is 14.2 Å². The highest BCUT2D eigenvalue weighted by Gasteiger charge is 2.61. The monoisotopic (exact) mass is 469 g/mol. The van der Waals surface area contributed by atoms with E-state index in [0.717, 1.165) is 17.8 Å². The lowest BCUT2D eigenvalue weighted by Crippen LogP contribution is -2.67. The highest BCUT2D eigenvalue weighted by Crippen LogP contribution is 2.57. The second kappa shape index (κ2) is 8.71. The number of morpholine rings is 1. The van der Waals surface area contributed by atoms with E-state index in [-0.39, 0.29) is 0 Å². The minimum absolute atomic E-state index is 0.480. The molecule has 8 rings (SSSR count). The third-order valence-electron chi connectivity index (χ3n) is 12.1. The maximum Gasteiger partial charge on any atom is 0.0766 e. The van der Waals surface area contributed by atoms with Gasteiger partial charge in [0.05, 0.1) is 36.6 Å². The van der Waals surface area contributed by atoms with E-state index in [1.165, 1.54) is 109 Å². The number of ether oxygens (including phenoxy) is 3. The van der Waals surface area contributed by atoms with Crippen LogP contribution in [-0.4, -0.2) is 59.6 Å². The van der Waals surface area contributed by atoms with Crippen LogP contribution in [0.1, 0.15) is 109 Å². The minimum Gasteiger partial charge on any atom is -0.374 e. The molecule has 0 aromatic heterocycles. The van der Waals surface area contributed by atoms with Crippen molar-refractivity contribution in [1.29, 1.82) is 0 Å². The first kappa shape index (κ1) is 21.9. The van der Waals surface area contributed by atoms with E-state index in [9.17, 15) is 0 Å². The molecule has 0 bridgehead atoms. The first-order chi connectivity index (χ1) is 16.9. The van der Waals surface area contributed by atoms with Gasteiger partial charge in [-0.25, -0.2) is 0 Å². The molecule has 0 N–H and O–H groups in total. The summed E-state index contributed by atoms with van der Waals surface area (Å²) >= 11 is 0. The summed E-state index contributed by atoms with van der Waals surface area (Å²) in [6.07, 6.45) is 26.2. The Balaban J connectivity index is 1.10. The summed E-state index contributed by atoms with van der Waals surface area (Å²) in [4.78, 5) is 3.09. The van der Waals surface area contributed by atoms with Crippen molar-refractivity contribution in [2.24, 2.45) is 23.7 Å². The zero-order chi connectivity index (χ0) is 22.2. The van der Waals surface area contributed by atoms with E-state index < -0.39 is 0 Å². The third-order valence-corrected chi connectivity index (χ3v) is 12.1. The van der Waals surface area contributed by atoms with Gasteiger partial charge in [-0.2, -0.15) is 0 Å². The summed E-state index contributed by atoms with van der Waals surface area (Å²) in [6.45, 7) is 0. The van der Waals surface area contributed by atoms with Gasteiger partial charge < -0.3 is 14.2 Å². The van der Waals surface area contributed by atoms with Crippen LogP contribution in [0.25, 0.3) is 0 Å². The average molecular weight is 470 g/mol. The van der Waals surface area contributed by atoms with E-state index >= 15 is 0 Å². The molecule has 13 unspecified atom stereocenters. The number of rotatable bonds is 1. The second-order valence-electron chi connectivity index (χ2n) is 13.6. The van der Waals surface area contributed by atoms with Crippen LogP contribution in [0.15, 0.2) is 0 Å². The Morgan fingerprint density at radius 2 is 0.971 bits per heavy atom. The molecule has 8 aliphatic rings. The highest BCUT2D eigenvalue weighted by molar-refractivity contribution is 5.11. The molecule has 0 radical (unpaired) electrons. The average Bonchev–Trinajstić information content (AvgIpc) is 3.45. The maximum atomic E-state index is 7.40. The molecule has 5 saturated carbocycles. The minimum atomic E-state index is 0.480. The van der Waals surface area contributed by atoms with Gasteiger partial charge in [0.2, 0.25) is 0 Å². The summed E-state index contributed by atoms with van der Waals surface area (Å²) in [7, 11) is 0. The first-order valence-corrected chi connectivity index (χ1v) is 15.6. The molecule has 0 aromatic carbocycles. The number of hydrogen-bond acceptors (Lipinski definition) is 4. The van der Waals surface area contributed by atoms with Gasteiger partial charge in [0.15, 0.2) is 0 Å². The Hall–Kier alpha value is -0.160. The van der Waals surface area contributed by atoms with E-state index in [2.05, 4.69) is 4.90 Å². The fourth-order valence-corrected chi connectivity index (χ4v) is 10.9. The smallest absolute Gasteiger partial charge is 0.0766 e. The lowest BCUT2D eigenvalue weighted by molar-refractivity contribution is -0.205. The van der Waals surface area contributed by atoms with Crippen molar-refractivity contribution < 1.29 is 14.2 Å². The molecule has 34 heavy (non-hydrogen) atoms. The summed E-state index contributed by atoms with van der Waals surface area (Å²) in [5.74, 6) is 3.10. The molecule has 190 valence electrons. The molecule has 3 heterocycles. The molecule has 13 atom stereocenters. The van der Waals surface area contributed by atoms with Gasteiger partial charge in [-0.1, -0.05) is 44.9 Å². The Morgan fingerprint density at radius 3 is 1.76 bits per heavy atom. The molecule has 3 saturated heterocycles. The summed E-state index contributed by atoms with van der Waals surface area (Å²) < 4.78 is 20.9. The van der Waals surface area contributed by atoms with Crippen molar-refractivity contribution in [3.05, 3.63) is 0 Å². The molecular formula is C30H47NO3. The van der Waals surface area contributed by atoms with E-state index in [4.69, 9.17) is 14.2 Å². The number of hydrogen-bond donors (Lipinski definition) is 0. The number of nitrogens with zero attached hydrogens (tertiary/aromatic N) is 1. The van der Waals surface area contributed by atoms with Crippen LogP contribution in [0.4, 0.5) is 0 Å². The van der Waals surface area contributed by atoms with Crippen molar-refractivity contribution in [2.45, 2.75) is 164 Å². The molecule has 5 aliphatic carbocycles. The van der Waals surface area contributed by atoms with E-state index in [0.29, 0.717) is 60.7 Å². The lowest BCUT2D eigenvalue weighted by Gasteiger charge is -2.58. The van der Waals surface area contributed by atoms with Gasteiger partial charge in [-0.3, -0.25) is 4.90 Å². The summed E-state index contributed by atoms with van der Waals surface area (Å²) in [6, 6.07) is 1.97. The fraction of sp³-hybridized carbons (Fsp3) is 1.00. The third kappa shape index (κ3) is 3.30. The van der Waals surface area contributed by atoms with Gasteiger partial charge in [-0.15, -0.1) is 0 Å². The Labute approximate surface area is 206 Å². The van der Waals surface area contributed by atoms with E-state index in [1.807, 2.05) is 0 Å². The summed E-state index contributed by atoms with van der Waals surface area (Å²) in [5.41, 5.74) is 0. The Morgan fingerprint density at radius 1 is 0.382 bits per heavy atom. The molecule has 3 aliphatic heterocycles. The molecule has 4 nitrogen and oxygen atoms in total. The first-order valence-electron chi connectivity index (χ1n) is 15.6. The van der Waals surface area contributed by atoms with Crippen molar-refractivity contribution in [3.63, 3.8) is 0 Å². The normalized spacial score (nSPS) is 57.0. The quantitative estimate of drug-likeness (QED) is 0.481. The van der Waals surface area contributed by atoms with E-state index in [1.54, 1.807) is 0 Å². The predicted octanol–water partition coefficient (Wildman–Crippen LogP) is 5.86. The fourth-order valence-electron chi connectivity index (χ4n) is 10.9. The van der Waals surface area contributed by atoms with Crippen LogP contribution in [0.2, 0.25) is 0 Å². The van der Waals surface area contributed by atoms with Gasteiger partial charge in [-0.05, 0) is 82.0 Å². The molecule has 4 heteroatoms. The zero-order valence-electron chi connectivity index (χ0n) is 21.2. The van der Waals surface area contributed by atoms with Gasteiger partial charge in [0, 0.05) is 24.0 Å². The predicted molar refractivity (Wildman–Crippen MR) is 132 cm³/mol.